The minimum atomic E-state index is -0.129. The first-order valence-electron chi connectivity index (χ1n) is 6.60. The SMILES string of the molecule is Cc1cccc(C(=O)NCCOc2ccccc2N)c1Br. The van der Waals surface area contributed by atoms with Crippen molar-refractivity contribution in [2.75, 3.05) is 18.9 Å². The van der Waals surface area contributed by atoms with Crippen LogP contribution in [-0.4, -0.2) is 19.1 Å². The van der Waals surface area contributed by atoms with E-state index in [1.54, 1.807) is 18.2 Å². The Balaban J connectivity index is 1.85. The number of rotatable bonds is 5. The van der Waals surface area contributed by atoms with Crippen LogP contribution in [0, 0.1) is 6.92 Å². The van der Waals surface area contributed by atoms with Crippen LogP contribution in [0.25, 0.3) is 0 Å². The van der Waals surface area contributed by atoms with Crippen molar-refractivity contribution < 1.29 is 9.53 Å². The van der Waals surface area contributed by atoms with Gasteiger partial charge in [0.05, 0.1) is 17.8 Å². The number of ether oxygens (including phenoxy) is 1. The van der Waals surface area contributed by atoms with Crippen molar-refractivity contribution in [3.63, 3.8) is 0 Å². The van der Waals surface area contributed by atoms with Crippen LogP contribution in [0.2, 0.25) is 0 Å². The average Bonchev–Trinajstić information content (AvgIpc) is 2.48. The number of carbonyl (C=O) groups is 1. The van der Waals surface area contributed by atoms with Crippen molar-refractivity contribution >= 4 is 27.5 Å². The van der Waals surface area contributed by atoms with E-state index in [0.29, 0.717) is 30.2 Å². The van der Waals surface area contributed by atoms with Crippen molar-refractivity contribution in [3.05, 3.63) is 58.1 Å². The molecule has 0 bridgehead atoms. The zero-order valence-electron chi connectivity index (χ0n) is 11.7. The highest BCUT2D eigenvalue weighted by Gasteiger charge is 2.10. The Morgan fingerprint density at radius 1 is 1.24 bits per heavy atom. The lowest BCUT2D eigenvalue weighted by atomic mass is 10.1. The van der Waals surface area contributed by atoms with Gasteiger partial charge in [0.25, 0.3) is 5.91 Å². The van der Waals surface area contributed by atoms with Crippen LogP contribution in [0.1, 0.15) is 15.9 Å². The maximum atomic E-state index is 12.1. The first-order valence-corrected chi connectivity index (χ1v) is 7.39. The van der Waals surface area contributed by atoms with Crippen LogP contribution >= 0.6 is 15.9 Å². The second-order valence-electron chi connectivity index (χ2n) is 4.58. The van der Waals surface area contributed by atoms with Gasteiger partial charge in [-0.2, -0.15) is 0 Å². The topological polar surface area (TPSA) is 64.3 Å². The number of hydrogen-bond donors (Lipinski definition) is 2. The summed E-state index contributed by atoms with van der Waals surface area (Å²) in [4.78, 5) is 12.1. The fraction of sp³-hybridized carbons (Fsp3) is 0.188. The Morgan fingerprint density at radius 2 is 2.00 bits per heavy atom. The van der Waals surface area contributed by atoms with Gasteiger partial charge in [-0.15, -0.1) is 0 Å². The Kier molecular flexibility index (Phi) is 5.22. The number of nitrogens with one attached hydrogen (secondary N) is 1. The van der Waals surface area contributed by atoms with E-state index in [9.17, 15) is 4.79 Å². The van der Waals surface area contributed by atoms with Crippen molar-refractivity contribution in [3.8, 4) is 5.75 Å². The maximum Gasteiger partial charge on any atom is 0.252 e. The molecule has 0 aromatic heterocycles. The molecule has 0 atom stereocenters. The summed E-state index contributed by atoms with van der Waals surface area (Å²) in [6.45, 7) is 2.72. The highest BCUT2D eigenvalue weighted by molar-refractivity contribution is 9.10. The van der Waals surface area contributed by atoms with E-state index in [1.165, 1.54) is 0 Å². The molecule has 3 N–H and O–H groups in total. The van der Waals surface area contributed by atoms with Crippen LogP contribution in [0.4, 0.5) is 5.69 Å². The number of para-hydroxylation sites is 2. The fourth-order valence-electron chi connectivity index (χ4n) is 1.86. The fourth-order valence-corrected chi connectivity index (χ4v) is 2.30. The summed E-state index contributed by atoms with van der Waals surface area (Å²) >= 11 is 3.43. The molecule has 1 amide bonds. The molecule has 0 aliphatic carbocycles. The Morgan fingerprint density at radius 3 is 2.76 bits per heavy atom. The number of nitrogen functional groups attached to an aromatic ring is 1. The van der Waals surface area contributed by atoms with E-state index in [2.05, 4.69) is 21.2 Å². The zero-order chi connectivity index (χ0) is 15.2. The van der Waals surface area contributed by atoms with Crippen LogP contribution in [0.5, 0.6) is 5.75 Å². The number of nitrogens with two attached hydrogens (primary N) is 1. The molecule has 0 saturated heterocycles. The number of hydrogen-bond acceptors (Lipinski definition) is 3. The first-order chi connectivity index (χ1) is 10.1. The lowest BCUT2D eigenvalue weighted by Gasteiger charge is -2.10. The molecular weight excluding hydrogens is 332 g/mol. The smallest absolute Gasteiger partial charge is 0.252 e. The van der Waals surface area contributed by atoms with E-state index in [1.807, 2.05) is 31.2 Å². The van der Waals surface area contributed by atoms with Crippen LogP contribution in [-0.2, 0) is 0 Å². The van der Waals surface area contributed by atoms with E-state index in [4.69, 9.17) is 10.5 Å². The third kappa shape index (κ3) is 3.98. The number of benzene rings is 2. The van der Waals surface area contributed by atoms with Gasteiger partial charge in [0.2, 0.25) is 0 Å². The largest absolute Gasteiger partial charge is 0.490 e. The lowest BCUT2D eigenvalue weighted by molar-refractivity contribution is 0.0946. The lowest BCUT2D eigenvalue weighted by Crippen LogP contribution is -2.28. The third-order valence-electron chi connectivity index (χ3n) is 3.00. The van der Waals surface area contributed by atoms with Gasteiger partial charge in [-0.25, -0.2) is 0 Å². The third-order valence-corrected chi connectivity index (χ3v) is 4.05. The summed E-state index contributed by atoms with van der Waals surface area (Å²) in [6, 6.07) is 12.9. The molecule has 0 heterocycles. The molecule has 0 aliphatic heterocycles. The molecule has 0 radical (unpaired) electrons. The first kappa shape index (κ1) is 15.4. The van der Waals surface area contributed by atoms with Gasteiger partial charge < -0.3 is 15.8 Å². The Hall–Kier alpha value is -2.01. The van der Waals surface area contributed by atoms with E-state index < -0.39 is 0 Å². The molecule has 110 valence electrons. The van der Waals surface area contributed by atoms with Gasteiger partial charge in [0.15, 0.2) is 0 Å². The molecule has 2 aromatic carbocycles. The maximum absolute atomic E-state index is 12.1. The van der Waals surface area contributed by atoms with Gasteiger partial charge in [-0.3, -0.25) is 4.79 Å². The molecule has 2 aromatic rings. The predicted octanol–water partition coefficient (Wildman–Crippen LogP) is 3.15. The average molecular weight is 349 g/mol. The minimum Gasteiger partial charge on any atom is -0.490 e. The number of halogens is 1. The molecule has 5 heteroatoms. The summed E-state index contributed by atoms with van der Waals surface area (Å²) < 4.78 is 6.34. The summed E-state index contributed by atoms with van der Waals surface area (Å²) in [7, 11) is 0. The van der Waals surface area contributed by atoms with E-state index in [0.717, 1.165) is 10.0 Å². The molecule has 0 fully saturated rings. The molecule has 4 nitrogen and oxygen atoms in total. The molecule has 0 spiro atoms. The Labute approximate surface area is 132 Å². The van der Waals surface area contributed by atoms with E-state index >= 15 is 0 Å². The molecular formula is C16H17BrN2O2. The molecule has 0 aliphatic rings. The van der Waals surface area contributed by atoms with Gasteiger partial charge in [0.1, 0.15) is 12.4 Å². The molecule has 2 rings (SSSR count). The standard InChI is InChI=1S/C16H17BrN2O2/c1-11-5-4-6-12(15(11)17)16(20)19-9-10-21-14-8-3-2-7-13(14)18/h2-8H,9-10,18H2,1H3,(H,19,20). The molecule has 0 unspecified atom stereocenters. The van der Waals surface area contributed by atoms with Crippen molar-refractivity contribution in [1.82, 2.24) is 5.32 Å². The predicted molar refractivity (Wildman–Crippen MR) is 87.6 cm³/mol. The second kappa shape index (κ2) is 7.13. The summed E-state index contributed by atoms with van der Waals surface area (Å²) in [5, 5.41) is 2.82. The van der Waals surface area contributed by atoms with Gasteiger partial charge in [-0.1, -0.05) is 24.3 Å². The second-order valence-corrected chi connectivity index (χ2v) is 5.37. The van der Waals surface area contributed by atoms with Crippen LogP contribution < -0.4 is 15.8 Å². The van der Waals surface area contributed by atoms with Crippen molar-refractivity contribution in [2.24, 2.45) is 0 Å². The molecule has 0 saturated carbocycles. The van der Waals surface area contributed by atoms with Crippen molar-refractivity contribution in [1.29, 1.82) is 0 Å². The van der Waals surface area contributed by atoms with Gasteiger partial charge in [-0.05, 0) is 46.6 Å². The van der Waals surface area contributed by atoms with Crippen molar-refractivity contribution in [2.45, 2.75) is 6.92 Å². The summed E-state index contributed by atoms with van der Waals surface area (Å²) in [5.41, 5.74) is 8.00. The summed E-state index contributed by atoms with van der Waals surface area (Å²) in [6.07, 6.45) is 0. The number of aryl methyl sites for hydroxylation is 1. The normalized spacial score (nSPS) is 10.2. The Bertz CT molecular complexity index is 644. The monoisotopic (exact) mass is 348 g/mol. The van der Waals surface area contributed by atoms with Crippen LogP contribution in [0.15, 0.2) is 46.9 Å². The highest BCUT2D eigenvalue weighted by Crippen LogP contribution is 2.21. The van der Waals surface area contributed by atoms with Gasteiger partial charge >= 0.3 is 0 Å². The number of amides is 1. The van der Waals surface area contributed by atoms with Crippen LogP contribution in [0.3, 0.4) is 0 Å². The quantitative estimate of drug-likeness (QED) is 0.644. The summed E-state index contributed by atoms with van der Waals surface area (Å²) in [5.74, 6) is 0.499. The van der Waals surface area contributed by atoms with Gasteiger partial charge in [0, 0.05) is 4.47 Å². The highest BCUT2D eigenvalue weighted by atomic mass is 79.9. The number of anilines is 1. The zero-order valence-corrected chi connectivity index (χ0v) is 13.3. The van der Waals surface area contributed by atoms with E-state index in [-0.39, 0.29) is 5.91 Å². The molecule has 21 heavy (non-hydrogen) atoms. The number of carbonyl (C=O) groups excluding carboxylic acids is 1. The minimum absolute atomic E-state index is 0.129.